The minimum atomic E-state index is -4.25. The number of rotatable bonds is 4. The minimum absolute atomic E-state index is 0. The SMILES string of the molecule is Cl.Oc1cc(Cl)cc(Cl)c1[C@@H](CCC(F)(F)F)N1CCNCC1. The summed E-state index contributed by atoms with van der Waals surface area (Å²) in [7, 11) is 0. The molecule has 3 nitrogen and oxygen atoms in total. The van der Waals surface area contributed by atoms with Crippen molar-refractivity contribution < 1.29 is 18.3 Å². The van der Waals surface area contributed by atoms with Crippen LogP contribution < -0.4 is 5.32 Å². The normalized spacial score (nSPS) is 17.6. The molecule has 132 valence electrons. The lowest BCUT2D eigenvalue weighted by atomic mass is 9.98. The van der Waals surface area contributed by atoms with E-state index in [1.165, 1.54) is 12.1 Å². The van der Waals surface area contributed by atoms with Gasteiger partial charge in [-0.25, -0.2) is 0 Å². The fourth-order valence-electron chi connectivity index (χ4n) is 2.70. The van der Waals surface area contributed by atoms with Crippen LogP contribution in [0.25, 0.3) is 0 Å². The summed E-state index contributed by atoms with van der Waals surface area (Å²) in [5, 5.41) is 13.7. The van der Waals surface area contributed by atoms with Gasteiger partial charge in [-0.3, -0.25) is 4.90 Å². The number of piperazine rings is 1. The van der Waals surface area contributed by atoms with Crippen molar-refractivity contribution in [2.75, 3.05) is 26.2 Å². The number of benzene rings is 1. The molecule has 1 aliphatic rings. The first-order chi connectivity index (χ1) is 10.3. The van der Waals surface area contributed by atoms with Crippen LogP contribution in [0, 0.1) is 0 Å². The highest BCUT2D eigenvalue weighted by molar-refractivity contribution is 6.35. The number of alkyl halides is 3. The molecule has 0 radical (unpaired) electrons. The number of aromatic hydroxyl groups is 1. The molecule has 23 heavy (non-hydrogen) atoms. The van der Waals surface area contributed by atoms with Gasteiger partial charge < -0.3 is 10.4 Å². The largest absolute Gasteiger partial charge is 0.508 e. The number of hydrogen-bond acceptors (Lipinski definition) is 3. The summed E-state index contributed by atoms with van der Waals surface area (Å²) in [5.41, 5.74) is 0.317. The molecule has 1 atom stereocenters. The fourth-order valence-corrected chi connectivity index (χ4v) is 3.31. The van der Waals surface area contributed by atoms with Gasteiger partial charge in [-0.2, -0.15) is 13.2 Å². The number of halogens is 6. The second kappa shape index (κ2) is 8.62. The van der Waals surface area contributed by atoms with E-state index in [0.717, 1.165) is 0 Å². The summed E-state index contributed by atoms with van der Waals surface area (Å²) in [4.78, 5) is 1.91. The number of nitrogens with zero attached hydrogens (tertiary/aromatic N) is 1. The van der Waals surface area contributed by atoms with Gasteiger partial charge in [0, 0.05) is 49.2 Å². The summed E-state index contributed by atoms with van der Waals surface area (Å²) in [6.45, 7) is 2.57. The van der Waals surface area contributed by atoms with Crippen molar-refractivity contribution in [2.24, 2.45) is 0 Å². The maximum atomic E-state index is 12.6. The van der Waals surface area contributed by atoms with Crippen molar-refractivity contribution in [2.45, 2.75) is 25.1 Å². The molecular weight excluding hydrogens is 376 g/mol. The highest BCUT2D eigenvalue weighted by Gasteiger charge is 2.33. The lowest BCUT2D eigenvalue weighted by Crippen LogP contribution is -2.45. The van der Waals surface area contributed by atoms with E-state index in [-0.39, 0.29) is 34.6 Å². The molecule has 1 fully saturated rings. The Labute approximate surface area is 149 Å². The van der Waals surface area contributed by atoms with Crippen molar-refractivity contribution in [3.8, 4) is 5.75 Å². The molecule has 1 aromatic carbocycles. The zero-order chi connectivity index (χ0) is 16.3. The quantitative estimate of drug-likeness (QED) is 0.795. The van der Waals surface area contributed by atoms with E-state index in [4.69, 9.17) is 23.2 Å². The molecule has 0 unspecified atom stereocenters. The predicted octanol–water partition coefficient (Wildman–Crippen LogP) is 4.41. The first-order valence-electron chi connectivity index (χ1n) is 6.97. The first-order valence-corrected chi connectivity index (χ1v) is 7.73. The highest BCUT2D eigenvalue weighted by atomic mass is 35.5. The molecule has 1 aromatic rings. The van der Waals surface area contributed by atoms with Gasteiger partial charge in [0.15, 0.2) is 0 Å². The van der Waals surface area contributed by atoms with E-state index in [0.29, 0.717) is 31.7 Å². The first kappa shape index (κ1) is 20.6. The van der Waals surface area contributed by atoms with Gasteiger partial charge in [0.2, 0.25) is 0 Å². The van der Waals surface area contributed by atoms with Gasteiger partial charge in [0.25, 0.3) is 0 Å². The van der Waals surface area contributed by atoms with E-state index < -0.39 is 18.6 Å². The van der Waals surface area contributed by atoms with Gasteiger partial charge >= 0.3 is 6.18 Å². The fraction of sp³-hybridized carbons (Fsp3) is 0.571. The molecule has 1 saturated heterocycles. The van der Waals surface area contributed by atoms with Crippen molar-refractivity contribution in [3.63, 3.8) is 0 Å². The smallest absolute Gasteiger partial charge is 0.389 e. The second-order valence-electron chi connectivity index (χ2n) is 5.28. The van der Waals surface area contributed by atoms with E-state index in [1.807, 2.05) is 4.90 Å². The molecule has 0 bridgehead atoms. The number of phenols is 1. The molecule has 1 aliphatic heterocycles. The topological polar surface area (TPSA) is 35.5 Å². The number of nitrogens with one attached hydrogen (secondary N) is 1. The van der Waals surface area contributed by atoms with Gasteiger partial charge in [-0.15, -0.1) is 12.4 Å². The van der Waals surface area contributed by atoms with Gasteiger partial charge in [0.05, 0.1) is 5.02 Å². The highest BCUT2D eigenvalue weighted by Crippen LogP contribution is 2.41. The van der Waals surface area contributed by atoms with Crippen LogP contribution in [0.15, 0.2) is 12.1 Å². The van der Waals surface area contributed by atoms with Crippen LogP contribution in [-0.4, -0.2) is 42.4 Å². The molecule has 2 N–H and O–H groups in total. The third-order valence-corrected chi connectivity index (χ3v) is 4.23. The molecule has 0 spiro atoms. The van der Waals surface area contributed by atoms with Crippen LogP contribution in [0.1, 0.15) is 24.4 Å². The Kier molecular flexibility index (Phi) is 7.74. The molecule has 0 aromatic heterocycles. The third kappa shape index (κ3) is 5.87. The Bertz CT molecular complexity index is 499. The zero-order valence-electron chi connectivity index (χ0n) is 12.2. The Morgan fingerprint density at radius 2 is 1.83 bits per heavy atom. The van der Waals surface area contributed by atoms with Crippen LogP contribution >= 0.6 is 35.6 Å². The average molecular weight is 394 g/mol. The maximum Gasteiger partial charge on any atom is 0.389 e. The van der Waals surface area contributed by atoms with Crippen LogP contribution in [-0.2, 0) is 0 Å². The summed E-state index contributed by atoms with van der Waals surface area (Å²) in [6, 6.07) is 2.17. The molecular formula is C14H18Cl3F3N2O. The maximum absolute atomic E-state index is 12.6. The van der Waals surface area contributed by atoms with Crippen molar-refractivity contribution in [3.05, 3.63) is 27.7 Å². The lowest BCUT2D eigenvalue weighted by molar-refractivity contribution is -0.138. The standard InChI is InChI=1S/C14H17Cl2F3N2O.ClH/c15-9-7-10(16)13(12(22)8-9)11(1-2-14(17,18)19)21-5-3-20-4-6-21;/h7-8,11,20,22H,1-6H2;1H/t11-;/m1./s1. The van der Waals surface area contributed by atoms with Gasteiger partial charge in [-0.05, 0) is 18.6 Å². The van der Waals surface area contributed by atoms with Crippen molar-refractivity contribution in [1.29, 1.82) is 0 Å². The minimum Gasteiger partial charge on any atom is -0.508 e. The van der Waals surface area contributed by atoms with Crippen LogP contribution in [0.5, 0.6) is 5.75 Å². The number of hydrogen-bond donors (Lipinski definition) is 2. The third-order valence-electron chi connectivity index (χ3n) is 3.70. The summed E-state index contributed by atoms with van der Waals surface area (Å²) in [5.74, 6) is -0.164. The predicted molar refractivity (Wildman–Crippen MR) is 87.8 cm³/mol. The molecule has 0 saturated carbocycles. The molecule has 0 amide bonds. The average Bonchev–Trinajstić information content (AvgIpc) is 2.41. The van der Waals surface area contributed by atoms with E-state index in [9.17, 15) is 18.3 Å². The Morgan fingerprint density at radius 1 is 1.22 bits per heavy atom. The van der Waals surface area contributed by atoms with E-state index >= 15 is 0 Å². The Morgan fingerprint density at radius 3 is 2.35 bits per heavy atom. The lowest BCUT2D eigenvalue weighted by Gasteiger charge is -2.36. The zero-order valence-corrected chi connectivity index (χ0v) is 14.5. The summed E-state index contributed by atoms with van der Waals surface area (Å²) in [6.07, 6.45) is -5.33. The van der Waals surface area contributed by atoms with E-state index in [1.54, 1.807) is 0 Å². The number of phenolic OH excluding ortho intramolecular Hbond substituents is 1. The molecule has 9 heteroatoms. The van der Waals surface area contributed by atoms with Gasteiger partial charge in [-0.1, -0.05) is 23.2 Å². The van der Waals surface area contributed by atoms with Crippen LogP contribution in [0.2, 0.25) is 10.0 Å². The van der Waals surface area contributed by atoms with Crippen molar-refractivity contribution >= 4 is 35.6 Å². The van der Waals surface area contributed by atoms with Gasteiger partial charge in [0.1, 0.15) is 5.75 Å². The van der Waals surface area contributed by atoms with Crippen LogP contribution in [0.4, 0.5) is 13.2 Å². The summed E-state index contributed by atoms with van der Waals surface area (Å²) < 4.78 is 37.8. The Hall–Kier alpha value is -0.400. The van der Waals surface area contributed by atoms with E-state index in [2.05, 4.69) is 5.32 Å². The monoisotopic (exact) mass is 392 g/mol. The molecule has 1 heterocycles. The summed E-state index contributed by atoms with van der Waals surface area (Å²) >= 11 is 11.9. The van der Waals surface area contributed by atoms with Crippen LogP contribution in [0.3, 0.4) is 0 Å². The molecule has 2 rings (SSSR count). The van der Waals surface area contributed by atoms with Crippen molar-refractivity contribution in [1.82, 2.24) is 10.2 Å². The second-order valence-corrected chi connectivity index (χ2v) is 6.12. The Balaban J connectivity index is 0.00000264. The molecule has 0 aliphatic carbocycles.